The second-order valence-corrected chi connectivity index (χ2v) is 18.1. The van der Waals surface area contributed by atoms with Crippen LogP contribution in [-0.4, -0.2) is 97.5 Å². The third kappa shape index (κ3) is 35.1. The third-order valence-electron chi connectivity index (χ3n) is 11.2. The lowest BCUT2D eigenvalue weighted by Crippen LogP contribution is -2.60. The van der Waals surface area contributed by atoms with Gasteiger partial charge in [0.25, 0.3) is 0 Å². The molecule has 1 fully saturated rings. The molecule has 372 valence electrons. The molecule has 1 heterocycles. The molecule has 6 unspecified atom stereocenters. The van der Waals surface area contributed by atoms with Crippen molar-refractivity contribution in [3.63, 3.8) is 0 Å². The van der Waals surface area contributed by atoms with Crippen molar-refractivity contribution in [1.82, 2.24) is 0 Å². The van der Waals surface area contributed by atoms with Crippen LogP contribution in [-0.2, 0) is 38.3 Å². The van der Waals surface area contributed by atoms with Gasteiger partial charge in [-0.05, 0) is 38.5 Å². The quantitative estimate of drug-likeness (QED) is 0.0197. The number of rotatable bonds is 43. The monoisotopic (exact) mass is 927 g/mol. The Kier molecular flexibility index (Phi) is 39.4. The van der Waals surface area contributed by atoms with E-state index in [1.54, 1.807) is 6.08 Å². The molecule has 0 saturated carbocycles. The summed E-state index contributed by atoms with van der Waals surface area (Å²) in [7, 11) is -5.08. The highest BCUT2D eigenvalue weighted by Crippen LogP contribution is 2.26. The normalized spacial score (nSPS) is 20.2. The Labute approximate surface area is 388 Å². The summed E-state index contributed by atoms with van der Waals surface area (Å²) in [5.41, 5.74) is 0. The van der Waals surface area contributed by atoms with Gasteiger partial charge in [0.15, 0.2) is 6.29 Å². The first-order valence-corrected chi connectivity index (χ1v) is 26.4. The van der Waals surface area contributed by atoms with Crippen molar-refractivity contribution in [2.24, 2.45) is 0 Å². The molecular formula is C51H90O12S. The predicted molar refractivity (Wildman–Crippen MR) is 257 cm³/mol. The molecular weight excluding hydrogens is 837 g/mol. The molecule has 0 aromatic rings. The van der Waals surface area contributed by atoms with E-state index < -0.39 is 59.8 Å². The lowest BCUT2D eigenvalue weighted by molar-refractivity contribution is -0.301. The molecule has 1 saturated heterocycles. The van der Waals surface area contributed by atoms with Crippen molar-refractivity contribution in [3.8, 4) is 0 Å². The summed E-state index contributed by atoms with van der Waals surface area (Å²) in [6, 6.07) is 0. The second-order valence-electron chi connectivity index (χ2n) is 17.1. The summed E-state index contributed by atoms with van der Waals surface area (Å²) in [6.07, 6.45) is 44.4. The van der Waals surface area contributed by atoms with Gasteiger partial charge in [0, 0.05) is 6.61 Å². The Morgan fingerprint density at radius 2 is 1.02 bits per heavy atom. The lowest BCUT2D eigenvalue weighted by atomic mass is 9.99. The van der Waals surface area contributed by atoms with E-state index in [1.807, 2.05) is 12.2 Å². The van der Waals surface area contributed by atoms with E-state index in [1.165, 1.54) is 122 Å². The molecule has 4 N–H and O–H groups in total. The van der Waals surface area contributed by atoms with Gasteiger partial charge in [0.05, 0.1) is 26.2 Å². The van der Waals surface area contributed by atoms with Crippen LogP contribution in [0.25, 0.3) is 0 Å². The van der Waals surface area contributed by atoms with Gasteiger partial charge in [0.1, 0.15) is 30.5 Å². The largest absolute Gasteiger partial charge is 0.457 e. The summed E-state index contributed by atoms with van der Waals surface area (Å²) < 4.78 is 59.0. The van der Waals surface area contributed by atoms with Crippen molar-refractivity contribution >= 4 is 16.4 Å². The number of hydrogen-bond acceptors (Lipinski definition) is 11. The Morgan fingerprint density at radius 3 is 1.44 bits per heavy atom. The number of aliphatic hydroxyl groups is 3. The fraction of sp³-hybridized carbons (Fsp3) is 0.784. The smallest absolute Gasteiger partial charge is 0.397 e. The lowest BCUT2D eigenvalue weighted by Gasteiger charge is -2.41. The Morgan fingerprint density at radius 1 is 0.594 bits per heavy atom. The zero-order valence-electron chi connectivity index (χ0n) is 39.8. The first-order valence-electron chi connectivity index (χ1n) is 25.0. The van der Waals surface area contributed by atoms with Gasteiger partial charge in [0.2, 0.25) is 0 Å². The van der Waals surface area contributed by atoms with Crippen molar-refractivity contribution in [2.75, 3.05) is 26.4 Å². The van der Waals surface area contributed by atoms with Crippen LogP contribution >= 0.6 is 0 Å². The molecule has 0 aliphatic carbocycles. The zero-order chi connectivity index (χ0) is 46.8. The van der Waals surface area contributed by atoms with Crippen molar-refractivity contribution < 1.29 is 56.2 Å². The number of carbonyl (C=O) groups excluding carboxylic acids is 1. The van der Waals surface area contributed by atoms with E-state index in [2.05, 4.69) is 60.6 Å². The maximum Gasteiger partial charge on any atom is 0.397 e. The maximum atomic E-state index is 12.8. The SMILES string of the molecule is CC/C=C\C/C=C\C/C=C\C/C=C\C/C=C\CC(=O)OC(COCCCCCCCCCCCCCCCCCCCCCCCC)COC1OC(CO)C(O)C(OS(=O)(=O)O)C1O. The summed E-state index contributed by atoms with van der Waals surface area (Å²) in [5, 5.41) is 30.7. The van der Waals surface area contributed by atoms with Crippen molar-refractivity contribution in [2.45, 2.75) is 230 Å². The van der Waals surface area contributed by atoms with Crippen LogP contribution in [0.4, 0.5) is 0 Å². The van der Waals surface area contributed by atoms with Gasteiger partial charge in [-0.15, -0.1) is 0 Å². The Balaban J connectivity index is 2.39. The van der Waals surface area contributed by atoms with Crippen LogP contribution in [0.2, 0.25) is 0 Å². The Bertz CT molecular complexity index is 1350. The number of unbranched alkanes of at least 4 members (excludes halogenated alkanes) is 21. The molecule has 0 aromatic carbocycles. The van der Waals surface area contributed by atoms with Gasteiger partial charge < -0.3 is 34.3 Å². The van der Waals surface area contributed by atoms with E-state index in [0.29, 0.717) is 13.0 Å². The number of carbonyl (C=O) groups is 1. The number of esters is 1. The van der Waals surface area contributed by atoms with Crippen LogP contribution in [0, 0.1) is 0 Å². The first kappa shape index (κ1) is 59.8. The molecule has 13 heteroatoms. The molecule has 64 heavy (non-hydrogen) atoms. The van der Waals surface area contributed by atoms with Gasteiger partial charge in [-0.3, -0.25) is 9.35 Å². The first-order chi connectivity index (χ1) is 31.1. The second kappa shape index (κ2) is 42.2. The average molecular weight is 927 g/mol. The van der Waals surface area contributed by atoms with Crippen LogP contribution in [0.5, 0.6) is 0 Å². The zero-order valence-corrected chi connectivity index (χ0v) is 40.6. The minimum atomic E-state index is -5.08. The van der Waals surface area contributed by atoms with Crippen LogP contribution in [0.3, 0.4) is 0 Å². The summed E-state index contributed by atoms with van der Waals surface area (Å²) in [6.45, 7) is 3.77. The topological polar surface area (TPSA) is 178 Å². The molecule has 0 bridgehead atoms. The van der Waals surface area contributed by atoms with E-state index in [9.17, 15) is 33.1 Å². The van der Waals surface area contributed by atoms with Crippen molar-refractivity contribution in [3.05, 3.63) is 60.8 Å². The molecule has 0 spiro atoms. The molecule has 12 nitrogen and oxygen atoms in total. The number of ether oxygens (including phenoxy) is 4. The predicted octanol–water partition coefficient (Wildman–Crippen LogP) is 11.3. The molecule has 6 atom stereocenters. The van der Waals surface area contributed by atoms with Gasteiger partial charge in [-0.1, -0.05) is 209 Å². The standard InChI is InChI=1S/C51H90O12S/c1-3-5-7-9-11-13-15-17-19-20-21-22-23-24-25-27-29-31-33-35-37-39-41-59-43-45(44-60-51-49(55)50(63-64(56,57)58)48(54)46(42-52)62-51)61-47(53)40-38-36-34-32-30-28-26-18-16-14-12-10-8-6-4-2/h6,8,12,14,18,26,30,32,36,38,45-46,48-52,54-55H,3-5,7,9-11,13,15-17,19-25,27-29,31,33-35,37,39-44H2,1-2H3,(H,56,57,58)/b8-6-,14-12-,26-18-,32-30-,38-36-. The summed E-state index contributed by atoms with van der Waals surface area (Å²) in [4.78, 5) is 12.8. The molecule has 0 aromatic heterocycles. The fourth-order valence-corrected chi connectivity index (χ4v) is 7.96. The number of hydrogen-bond donors (Lipinski definition) is 4. The Hall–Kier alpha value is -2.20. The molecule has 0 amide bonds. The average Bonchev–Trinajstić information content (AvgIpc) is 3.27. The molecule has 1 aliphatic rings. The molecule has 1 rings (SSSR count). The highest BCUT2D eigenvalue weighted by Gasteiger charge is 2.48. The molecule has 0 radical (unpaired) electrons. The van der Waals surface area contributed by atoms with E-state index in [-0.39, 0.29) is 19.6 Å². The van der Waals surface area contributed by atoms with Crippen molar-refractivity contribution in [1.29, 1.82) is 0 Å². The van der Waals surface area contributed by atoms with Gasteiger partial charge in [-0.25, -0.2) is 4.18 Å². The van der Waals surface area contributed by atoms with E-state index in [0.717, 1.165) is 44.9 Å². The summed E-state index contributed by atoms with van der Waals surface area (Å²) in [5.74, 6) is -0.524. The number of allylic oxidation sites excluding steroid dienone is 9. The highest BCUT2D eigenvalue weighted by atomic mass is 32.3. The van der Waals surface area contributed by atoms with Crippen LogP contribution in [0.15, 0.2) is 60.8 Å². The third-order valence-corrected chi connectivity index (χ3v) is 11.7. The minimum Gasteiger partial charge on any atom is -0.457 e. The van der Waals surface area contributed by atoms with Gasteiger partial charge >= 0.3 is 16.4 Å². The van der Waals surface area contributed by atoms with E-state index >= 15 is 0 Å². The van der Waals surface area contributed by atoms with Crippen LogP contribution < -0.4 is 0 Å². The minimum absolute atomic E-state index is 0.00349. The number of aliphatic hydroxyl groups excluding tert-OH is 3. The molecule has 1 aliphatic heterocycles. The fourth-order valence-electron chi connectivity index (χ4n) is 7.46. The van der Waals surface area contributed by atoms with E-state index in [4.69, 9.17) is 18.9 Å². The van der Waals surface area contributed by atoms with Gasteiger partial charge in [-0.2, -0.15) is 8.42 Å². The highest BCUT2D eigenvalue weighted by molar-refractivity contribution is 7.80. The van der Waals surface area contributed by atoms with Crippen LogP contribution in [0.1, 0.15) is 194 Å². The summed E-state index contributed by atoms with van der Waals surface area (Å²) >= 11 is 0. The maximum absolute atomic E-state index is 12.8.